The molecule has 0 aromatic heterocycles. The number of benzene rings is 1. The van der Waals surface area contributed by atoms with Gasteiger partial charge in [-0.2, -0.15) is 0 Å². The highest BCUT2D eigenvalue weighted by atomic mass is 16.2. The zero-order valence-corrected chi connectivity index (χ0v) is 12.4. The number of piperidine rings is 1. The van der Waals surface area contributed by atoms with E-state index >= 15 is 0 Å². The van der Waals surface area contributed by atoms with Crippen LogP contribution in [0.15, 0.2) is 30.3 Å². The molecule has 21 heavy (non-hydrogen) atoms. The topological polar surface area (TPSA) is 75.4 Å². The second-order valence-electron chi connectivity index (χ2n) is 5.65. The number of hydrogen-bond donors (Lipinski definition) is 2. The molecule has 2 amide bonds. The first-order valence-electron chi connectivity index (χ1n) is 7.44. The summed E-state index contributed by atoms with van der Waals surface area (Å²) in [6, 6.07) is 8.99. The molecule has 0 spiro atoms. The molecule has 1 fully saturated rings. The fraction of sp³-hybridized carbons (Fsp3) is 0.500. The smallest absolute Gasteiger partial charge is 0.251 e. The summed E-state index contributed by atoms with van der Waals surface area (Å²) in [7, 11) is 0. The zero-order chi connectivity index (χ0) is 15.2. The third kappa shape index (κ3) is 4.04. The minimum Gasteiger partial charge on any atom is -0.343 e. The van der Waals surface area contributed by atoms with Crippen LogP contribution in [0.5, 0.6) is 0 Å². The van der Waals surface area contributed by atoms with Gasteiger partial charge in [0.2, 0.25) is 5.91 Å². The van der Waals surface area contributed by atoms with Gasteiger partial charge in [0.05, 0.1) is 6.54 Å². The van der Waals surface area contributed by atoms with Crippen LogP contribution in [0.3, 0.4) is 0 Å². The number of carbonyl (C=O) groups is 2. The molecule has 0 aliphatic carbocycles. The summed E-state index contributed by atoms with van der Waals surface area (Å²) in [5.41, 5.74) is 6.32. The summed E-state index contributed by atoms with van der Waals surface area (Å²) in [6.07, 6.45) is 1.93. The Hall–Kier alpha value is -1.88. The molecule has 1 aromatic carbocycles. The molecular formula is C16H23N3O2. The van der Waals surface area contributed by atoms with Crippen LogP contribution in [0.25, 0.3) is 0 Å². The third-order valence-electron chi connectivity index (χ3n) is 4.01. The minimum atomic E-state index is -0.223. The highest BCUT2D eigenvalue weighted by Crippen LogP contribution is 2.21. The Labute approximate surface area is 125 Å². The Morgan fingerprint density at radius 3 is 2.71 bits per heavy atom. The summed E-state index contributed by atoms with van der Waals surface area (Å²) in [5, 5.41) is 2.68. The van der Waals surface area contributed by atoms with Crippen molar-refractivity contribution in [1.82, 2.24) is 10.2 Å². The predicted octanol–water partition coefficient (Wildman–Crippen LogP) is 1.00. The average Bonchev–Trinajstić information content (AvgIpc) is 2.52. The minimum absolute atomic E-state index is 0.0264. The Kier molecular flexibility index (Phi) is 5.33. The zero-order valence-electron chi connectivity index (χ0n) is 12.4. The van der Waals surface area contributed by atoms with Crippen molar-refractivity contribution in [2.45, 2.75) is 25.8 Å². The van der Waals surface area contributed by atoms with Crippen molar-refractivity contribution in [3.8, 4) is 0 Å². The summed E-state index contributed by atoms with van der Waals surface area (Å²) in [6.45, 7) is 3.41. The lowest BCUT2D eigenvalue weighted by Gasteiger charge is -2.38. The standard InChI is InChI=1S/C16H23N3O2/c1-12-7-8-19(14(9-12)10-17)15(20)11-18-16(21)13-5-3-2-4-6-13/h2-6,12,14H,7-11,17H2,1H3,(H,18,21). The van der Waals surface area contributed by atoms with Gasteiger partial charge in [0.15, 0.2) is 0 Å². The first-order valence-corrected chi connectivity index (χ1v) is 7.44. The Morgan fingerprint density at radius 1 is 1.33 bits per heavy atom. The first kappa shape index (κ1) is 15.5. The van der Waals surface area contributed by atoms with Crippen molar-refractivity contribution in [1.29, 1.82) is 0 Å². The Bertz CT molecular complexity index is 490. The van der Waals surface area contributed by atoms with Gasteiger partial charge in [-0.25, -0.2) is 0 Å². The van der Waals surface area contributed by atoms with Crippen LogP contribution in [0.4, 0.5) is 0 Å². The van der Waals surface area contributed by atoms with E-state index < -0.39 is 0 Å². The number of hydrogen-bond acceptors (Lipinski definition) is 3. The van der Waals surface area contributed by atoms with Crippen LogP contribution in [0.1, 0.15) is 30.1 Å². The maximum Gasteiger partial charge on any atom is 0.251 e. The monoisotopic (exact) mass is 289 g/mol. The molecule has 1 heterocycles. The molecule has 2 unspecified atom stereocenters. The quantitative estimate of drug-likeness (QED) is 0.868. The molecule has 1 aromatic rings. The van der Waals surface area contributed by atoms with Gasteiger partial charge in [-0.05, 0) is 30.9 Å². The van der Waals surface area contributed by atoms with Crippen molar-refractivity contribution >= 4 is 11.8 Å². The van der Waals surface area contributed by atoms with E-state index in [1.807, 2.05) is 11.0 Å². The van der Waals surface area contributed by atoms with Crippen molar-refractivity contribution < 1.29 is 9.59 Å². The van der Waals surface area contributed by atoms with E-state index in [9.17, 15) is 9.59 Å². The first-order chi connectivity index (χ1) is 10.1. The Morgan fingerprint density at radius 2 is 2.05 bits per heavy atom. The highest BCUT2D eigenvalue weighted by Gasteiger charge is 2.28. The van der Waals surface area contributed by atoms with E-state index in [0.29, 0.717) is 18.0 Å². The van der Waals surface area contributed by atoms with Crippen molar-refractivity contribution in [3.63, 3.8) is 0 Å². The lowest BCUT2D eigenvalue weighted by atomic mass is 9.92. The second kappa shape index (κ2) is 7.22. The number of amides is 2. The summed E-state index contributed by atoms with van der Waals surface area (Å²) >= 11 is 0. The van der Waals surface area contributed by atoms with Gasteiger partial charge in [0.25, 0.3) is 5.91 Å². The molecule has 2 atom stereocenters. The molecular weight excluding hydrogens is 266 g/mol. The fourth-order valence-electron chi connectivity index (χ4n) is 2.75. The number of likely N-dealkylation sites (tertiary alicyclic amines) is 1. The van der Waals surface area contributed by atoms with Gasteiger partial charge < -0.3 is 16.0 Å². The van der Waals surface area contributed by atoms with Crippen LogP contribution < -0.4 is 11.1 Å². The lowest BCUT2D eigenvalue weighted by Crippen LogP contribution is -2.52. The van der Waals surface area contributed by atoms with Crippen LogP contribution >= 0.6 is 0 Å². The van der Waals surface area contributed by atoms with Crippen LogP contribution in [0.2, 0.25) is 0 Å². The molecule has 5 nitrogen and oxygen atoms in total. The normalized spacial score (nSPS) is 21.9. The number of carbonyl (C=O) groups excluding carboxylic acids is 2. The third-order valence-corrected chi connectivity index (χ3v) is 4.01. The van der Waals surface area contributed by atoms with E-state index in [1.54, 1.807) is 24.3 Å². The van der Waals surface area contributed by atoms with Gasteiger partial charge in [-0.3, -0.25) is 9.59 Å². The molecule has 1 saturated heterocycles. The average molecular weight is 289 g/mol. The van der Waals surface area contributed by atoms with Gasteiger partial charge in [0, 0.05) is 24.7 Å². The summed E-state index contributed by atoms with van der Waals surface area (Å²) in [4.78, 5) is 26.0. The highest BCUT2D eigenvalue weighted by molar-refractivity contribution is 5.96. The van der Waals surface area contributed by atoms with E-state index in [4.69, 9.17) is 5.73 Å². The molecule has 0 saturated carbocycles. The molecule has 1 aliphatic rings. The van der Waals surface area contributed by atoms with E-state index in [2.05, 4.69) is 12.2 Å². The van der Waals surface area contributed by atoms with Crippen LogP contribution in [0, 0.1) is 5.92 Å². The number of nitrogens with one attached hydrogen (secondary N) is 1. The SMILES string of the molecule is CC1CCN(C(=O)CNC(=O)c2ccccc2)C(CN)C1. The van der Waals surface area contributed by atoms with Crippen molar-refractivity contribution in [2.24, 2.45) is 11.7 Å². The van der Waals surface area contributed by atoms with Gasteiger partial charge >= 0.3 is 0 Å². The van der Waals surface area contributed by atoms with E-state index in [0.717, 1.165) is 19.4 Å². The Balaban J connectivity index is 1.88. The maximum absolute atomic E-state index is 12.3. The largest absolute Gasteiger partial charge is 0.343 e. The van der Waals surface area contributed by atoms with Crippen LogP contribution in [-0.4, -0.2) is 42.4 Å². The van der Waals surface area contributed by atoms with E-state index in [1.165, 1.54) is 0 Å². The molecule has 114 valence electrons. The molecule has 3 N–H and O–H groups in total. The fourth-order valence-corrected chi connectivity index (χ4v) is 2.75. The lowest BCUT2D eigenvalue weighted by molar-refractivity contribution is -0.134. The van der Waals surface area contributed by atoms with Crippen LogP contribution in [-0.2, 0) is 4.79 Å². The van der Waals surface area contributed by atoms with Gasteiger partial charge in [-0.1, -0.05) is 25.1 Å². The van der Waals surface area contributed by atoms with Crippen molar-refractivity contribution in [3.05, 3.63) is 35.9 Å². The van der Waals surface area contributed by atoms with Crippen molar-refractivity contribution in [2.75, 3.05) is 19.6 Å². The number of rotatable bonds is 4. The van der Waals surface area contributed by atoms with E-state index in [-0.39, 0.29) is 24.4 Å². The number of nitrogens with two attached hydrogens (primary N) is 1. The van der Waals surface area contributed by atoms with Gasteiger partial charge in [-0.15, -0.1) is 0 Å². The molecule has 0 bridgehead atoms. The molecule has 5 heteroatoms. The summed E-state index contributed by atoms with van der Waals surface area (Å²) < 4.78 is 0. The molecule has 1 aliphatic heterocycles. The van der Waals surface area contributed by atoms with Gasteiger partial charge in [0.1, 0.15) is 0 Å². The predicted molar refractivity (Wildman–Crippen MR) is 81.7 cm³/mol. The maximum atomic E-state index is 12.3. The summed E-state index contributed by atoms with van der Waals surface area (Å²) in [5.74, 6) is 0.321. The molecule has 2 rings (SSSR count). The molecule has 0 radical (unpaired) electrons. The second-order valence-corrected chi connectivity index (χ2v) is 5.65. The number of nitrogens with zero attached hydrogens (tertiary/aromatic N) is 1.